The molecule has 1 aliphatic rings. The number of hydrogen-bond donors (Lipinski definition) is 0. The Hall–Kier alpha value is -0.330. The van der Waals surface area contributed by atoms with E-state index in [9.17, 15) is 0 Å². The largest absolute Gasteiger partial charge is 0.300 e. The van der Waals surface area contributed by atoms with Crippen LogP contribution in [0.5, 0.6) is 0 Å². The van der Waals surface area contributed by atoms with Crippen molar-refractivity contribution in [1.82, 2.24) is 0 Å². The summed E-state index contributed by atoms with van der Waals surface area (Å²) in [6.45, 7) is 14.2. The van der Waals surface area contributed by atoms with Crippen LogP contribution in [-0.4, -0.2) is 13.3 Å². The minimum absolute atomic E-state index is 0.413. The molecule has 0 heterocycles. The van der Waals surface area contributed by atoms with Crippen molar-refractivity contribution in [1.29, 1.82) is 0 Å². The lowest BCUT2D eigenvalue weighted by Crippen LogP contribution is -2.42. The molecule has 1 rings (SSSR count). The lowest BCUT2D eigenvalue weighted by Gasteiger charge is -2.49. The van der Waals surface area contributed by atoms with Crippen LogP contribution in [0, 0.1) is 23.2 Å². The van der Waals surface area contributed by atoms with Gasteiger partial charge in [0.15, 0.2) is 0 Å². The zero-order valence-electron chi connectivity index (χ0n) is 13.0. The van der Waals surface area contributed by atoms with Crippen molar-refractivity contribution in [3.8, 4) is 0 Å². The van der Waals surface area contributed by atoms with Crippen molar-refractivity contribution < 1.29 is 0 Å². The molecular weight excluding hydrogens is 218 g/mol. The van der Waals surface area contributed by atoms with E-state index in [0.717, 1.165) is 24.3 Å². The molecule has 0 aromatic heterocycles. The highest BCUT2D eigenvalue weighted by Crippen LogP contribution is 2.51. The molecule has 0 aromatic carbocycles. The summed E-state index contributed by atoms with van der Waals surface area (Å²) in [6, 6.07) is 0. The average Bonchev–Trinajstić information content (AvgIpc) is 2.33. The van der Waals surface area contributed by atoms with Crippen LogP contribution in [0.25, 0.3) is 0 Å². The predicted molar refractivity (Wildman–Crippen MR) is 82.3 cm³/mol. The van der Waals surface area contributed by atoms with Crippen molar-refractivity contribution in [2.75, 3.05) is 6.54 Å². The standard InChI is InChI=1S/C17H33N/c1-6-9-14-11-15(8-3)16(10-7-2)17(4,12-14)13-18-5/h14-16H,5-13H2,1-4H3. The number of hydrogen-bond acceptors (Lipinski definition) is 1. The molecule has 1 nitrogen and oxygen atoms in total. The Bertz CT molecular complexity index is 248. The van der Waals surface area contributed by atoms with Crippen LogP contribution >= 0.6 is 0 Å². The van der Waals surface area contributed by atoms with Crippen LogP contribution in [0.1, 0.15) is 72.6 Å². The zero-order valence-corrected chi connectivity index (χ0v) is 13.0. The molecule has 18 heavy (non-hydrogen) atoms. The number of rotatable bonds is 7. The van der Waals surface area contributed by atoms with Crippen LogP contribution in [0.2, 0.25) is 0 Å². The van der Waals surface area contributed by atoms with Crippen LogP contribution < -0.4 is 0 Å². The molecule has 1 saturated carbocycles. The minimum Gasteiger partial charge on any atom is -0.300 e. The number of nitrogens with zero attached hydrogens (tertiary/aromatic N) is 1. The summed E-state index contributed by atoms with van der Waals surface area (Å²) < 4.78 is 0. The van der Waals surface area contributed by atoms with Gasteiger partial charge in [-0.05, 0) is 49.1 Å². The predicted octanol–water partition coefficient (Wildman–Crippen LogP) is 5.35. The third-order valence-corrected chi connectivity index (χ3v) is 5.15. The zero-order chi connectivity index (χ0) is 13.6. The minimum atomic E-state index is 0.413. The third-order valence-electron chi connectivity index (χ3n) is 5.15. The van der Waals surface area contributed by atoms with Gasteiger partial charge >= 0.3 is 0 Å². The smallest absolute Gasteiger partial charge is 0.0438 e. The van der Waals surface area contributed by atoms with Gasteiger partial charge in [0.05, 0.1) is 0 Å². The summed E-state index contributed by atoms with van der Waals surface area (Å²) in [5, 5.41) is 0. The average molecular weight is 251 g/mol. The van der Waals surface area contributed by atoms with Gasteiger partial charge < -0.3 is 4.99 Å². The second-order valence-corrected chi connectivity index (χ2v) is 6.69. The highest BCUT2D eigenvalue weighted by atomic mass is 14.7. The van der Waals surface area contributed by atoms with E-state index in [-0.39, 0.29) is 0 Å². The fraction of sp³-hybridized carbons (Fsp3) is 0.941. The normalized spacial score (nSPS) is 36.6. The third kappa shape index (κ3) is 3.59. The van der Waals surface area contributed by atoms with E-state index in [1.807, 2.05) is 0 Å². The van der Waals surface area contributed by atoms with Gasteiger partial charge in [0.25, 0.3) is 0 Å². The van der Waals surface area contributed by atoms with Gasteiger partial charge in [-0.25, -0.2) is 0 Å². The monoisotopic (exact) mass is 251 g/mol. The van der Waals surface area contributed by atoms with Gasteiger partial charge in [-0.2, -0.15) is 0 Å². The van der Waals surface area contributed by atoms with Crippen molar-refractivity contribution >= 4 is 6.72 Å². The molecule has 0 N–H and O–H groups in total. The van der Waals surface area contributed by atoms with Gasteiger partial charge in [-0.3, -0.25) is 0 Å². The molecule has 0 aliphatic heterocycles. The van der Waals surface area contributed by atoms with Gasteiger partial charge in [-0.1, -0.05) is 53.4 Å². The van der Waals surface area contributed by atoms with E-state index in [1.54, 1.807) is 0 Å². The summed E-state index contributed by atoms with van der Waals surface area (Å²) in [4.78, 5) is 4.28. The highest BCUT2D eigenvalue weighted by molar-refractivity contribution is 5.23. The first-order chi connectivity index (χ1) is 8.61. The van der Waals surface area contributed by atoms with Gasteiger partial charge in [0.2, 0.25) is 0 Å². The first kappa shape index (κ1) is 15.7. The maximum atomic E-state index is 4.28. The maximum Gasteiger partial charge on any atom is 0.0438 e. The van der Waals surface area contributed by atoms with Crippen molar-refractivity contribution in [2.45, 2.75) is 72.6 Å². The van der Waals surface area contributed by atoms with Crippen LogP contribution in [0.4, 0.5) is 0 Å². The molecule has 106 valence electrons. The van der Waals surface area contributed by atoms with Gasteiger partial charge in [0, 0.05) is 6.54 Å². The van der Waals surface area contributed by atoms with Crippen molar-refractivity contribution in [3.63, 3.8) is 0 Å². The molecule has 1 fully saturated rings. The van der Waals surface area contributed by atoms with Crippen LogP contribution in [0.15, 0.2) is 4.99 Å². The second kappa shape index (κ2) is 7.31. The summed E-state index contributed by atoms with van der Waals surface area (Å²) in [7, 11) is 0. The van der Waals surface area contributed by atoms with E-state index in [2.05, 4.69) is 39.4 Å². The quantitative estimate of drug-likeness (QED) is 0.541. The van der Waals surface area contributed by atoms with E-state index in [0.29, 0.717) is 5.41 Å². The molecule has 4 unspecified atom stereocenters. The Balaban J connectivity index is 2.86. The SMILES string of the molecule is C=NCC1(C)CC(CCC)CC(CC)C1CCC. The summed E-state index contributed by atoms with van der Waals surface area (Å²) in [6.07, 6.45) is 9.61. The summed E-state index contributed by atoms with van der Waals surface area (Å²) >= 11 is 0. The number of aliphatic imine (C=N–C) groups is 1. The first-order valence-electron chi connectivity index (χ1n) is 8.03. The fourth-order valence-electron chi connectivity index (χ4n) is 4.47. The molecule has 1 aliphatic carbocycles. The van der Waals surface area contributed by atoms with E-state index in [1.165, 1.54) is 44.9 Å². The molecule has 0 saturated heterocycles. The molecule has 1 heteroatoms. The fourth-order valence-corrected chi connectivity index (χ4v) is 4.47. The Kier molecular flexibility index (Phi) is 6.38. The van der Waals surface area contributed by atoms with Crippen molar-refractivity contribution in [2.24, 2.45) is 28.2 Å². The van der Waals surface area contributed by atoms with Crippen molar-refractivity contribution in [3.05, 3.63) is 0 Å². The Morgan fingerprint density at radius 3 is 2.33 bits per heavy atom. The van der Waals surface area contributed by atoms with E-state index in [4.69, 9.17) is 0 Å². The van der Waals surface area contributed by atoms with Gasteiger partial charge in [-0.15, -0.1) is 0 Å². The lowest BCUT2D eigenvalue weighted by molar-refractivity contribution is 0.0180. The van der Waals surface area contributed by atoms with Crippen LogP contribution in [0.3, 0.4) is 0 Å². The second-order valence-electron chi connectivity index (χ2n) is 6.69. The molecular formula is C17H33N. The topological polar surface area (TPSA) is 12.4 Å². The van der Waals surface area contributed by atoms with Gasteiger partial charge in [0.1, 0.15) is 0 Å². The Morgan fingerprint density at radius 2 is 1.83 bits per heavy atom. The van der Waals surface area contributed by atoms with Crippen LogP contribution in [-0.2, 0) is 0 Å². The molecule has 0 aromatic rings. The van der Waals surface area contributed by atoms with E-state index < -0.39 is 0 Å². The molecule has 0 bridgehead atoms. The first-order valence-corrected chi connectivity index (χ1v) is 8.03. The Morgan fingerprint density at radius 1 is 1.17 bits per heavy atom. The lowest BCUT2D eigenvalue weighted by atomic mass is 9.57. The molecule has 4 atom stereocenters. The van der Waals surface area contributed by atoms with E-state index >= 15 is 0 Å². The summed E-state index contributed by atoms with van der Waals surface area (Å²) in [5.74, 6) is 2.72. The molecule has 0 spiro atoms. The molecule has 0 radical (unpaired) electrons. The summed E-state index contributed by atoms with van der Waals surface area (Å²) in [5.41, 5.74) is 0.413. The molecule has 0 amide bonds. The maximum absolute atomic E-state index is 4.28. The Labute approximate surface area is 114 Å². The highest BCUT2D eigenvalue weighted by Gasteiger charge is 2.43.